The molecule has 6 nitrogen and oxygen atoms in total. The van der Waals surface area contributed by atoms with E-state index >= 15 is 0 Å². The number of amides is 1. The Balaban J connectivity index is 2.55. The number of benzene rings is 1. The fraction of sp³-hybridized carbons (Fsp3) is 0.200. The van der Waals surface area contributed by atoms with Gasteiger partial charge in [-0.15, -0.1) is 0 Å². The van der Waals surface area contributed by atoms with Crippen LogP contribution in [0.1, 0.15) is 11.1 Å². The van der Waals surface area contributed by atoms with Crippen LogP contribution in [0.3, 0.4) is 0 Å². The summed E-state index contributed by atoms with van der Waals surface area (Å²) >= 11 is 0. The van der Waals surface area contributed by atoms with Gasteiger partial charge in [0, 0.05) is 12.1 Å². The van der Waals surface area contributed by atoms with E-state index in [1.807, 2.05) is 0 Å². The average molecular weight is 223 g/mol. The highest BCUT2D eigenvalue weighted by molar-refractivity contribution is 5.96. The van der Waals surface area contributed by atoms with E-state index in [1.54, 1.807) is 24.3 Å². The minimum atomic E-state index is -1.03. The summed E-state index contributed by atoms with van der Waals surface area (Å²) in [5.74, 6) is 0.0511. The lowest BCUT2D eigenvalue weighted by Crippen LogP contribution is -2.23. The molecule has 1 aromatic carbocycles. The molecule has 86 valence electrons. The summed E-state index contributed by atoms with van der Waals surface area (Å²) < 4.78 is 0. The van der Waals surface area contributed by atoms with Crippen LogP contribution in [-0.2, 0) is 6.42 Å². The van der Waals surface area contributed by atoms with E-state index < -0.39 is 6.09 Å². The molecule has 0 aliphatic rings. The Bertz CT molecular complexity index is 387. The van der Waals surface area contributed by atoms with Gasteiger partial charge in [0.15, 0.2) is 5.84 Å². The lowest BCUT2D eigenvalue weighted by atomic mass is 10.1. The van der Waals surface area contributed by atoms with Gasteiger partial charge in [0.1, 0.15) is 0 Å². The predicted molar refractivity (Wildman–Crippen MR) is 58.7 cm³/mol. The maximum Gasteiger partial charge on any atom is 0.404 e. The monoisotopic (exact) mass is 223 g/mol. The van der Waals surface area contributed by atoms with Crippen LogP contribution in [0.2, 0.25) is 0 Å². The summed E-state index contributed by atoms with van der Waals surface area (Å²) in [6, 6.07) is 7.03. The van der Waals surface area contributed by atoms with Crippen LogP contribution in [0.4, 0.5) is 4.79 Å². The summed E-state index contributed by atoms with van der Waals surface area (Å²) in [7, 11) is 0. The van der Waals surface area contributed by atoms with E-state index in [0.717, 1.165) is 5.56 Å². The number of carboxylic acid groups (broad SMARTS) is 1. The Hall–Kier alpha value is -2.24. The summed E-state index contributed by atoms with van der Waals surface area (Å²) in [5, 5.41) is 22.0. The van der Waals surface area contributed by atoms with Gasteiger partial charge < -0.3 is 21.4 Å². The highest BCUT2D eigenvalue weighted by Gasteiger charge is 1.99. The van der Waals surface area contributed by atoms with Crippen molar-refractivity contribution >= 4 is 11.9 Å². The lowest BCUT2D eigenvalue weighted by Gasteiger charge is -2.03. The van der Waals surface area contributed by atoms with Crippen LogP contribution in [0.25, 0.3) is 0 Å². The van der Waals surface area contributed by atoms with Crippen LogP contribution < -0.4 is 11.1 Å². The van der Waals surface area contributed by atoms with Gasteiger partial charge in [-0.3, -0.25) is 0 Å². The van der Waals surface area contributed by atoms with E-state index in [-0.39, 0.29) is 5.84 Å². The molecule has 0 heterocycles. The second-order valence-corrected chi connectivity index (χ2v) is 3.16. The van der Waals surface area contributed by atoms with Crippen molar-refractivity contribution in [2.75, 3.05) is 6.54 Å². The number of amidine groups is 1. The number of hydrogen-bond donors (Lipinski definition) is 4. The normalized spacial score (nSPS) is 11.1. The van der Waals surface area contributed by atoms with Crippen LogP contribution in [0.5, 0.6) is 0 Å². The molecule has 5 N–H and O–H groups in total. The summed E-state index contributed by atoms with van der Waals surface area (Å²) in [4.78, 5) is 10.2. The Morgan fingerprint density at radius 3 is 2.50 bits per heavy atom. The first-order chi connectivity index (χ1) is 7.63. The number of carbonyl (C=O) groups is 1. The molecule has 0 fully saturated rings. The van der Waals surface area contributed by atoms with Gasteiger partial charge in [-0.05, 0) is 12.0 Å². The molecule has 0 bridgehead atoms. The van der Waals surface area contributed by atoms with Crippen LogP contribution in [-0.4, -0.2) is 28.8 Å². The molecule has 0 spiro atoms. The summed E-state index contributed by atoms with van der Waals surface area (Å²) in [6.45, 7) is 0.359. The molecule has 1 aromatic rings. The van der Waals surface area contributed by atoms with Crippen molar-refractivity contribution in [2.24, 2.45) is 10.9 Å². The fourth-order valence-corrected chi connectivity index (χ4v) is 1.21. The minimum Gasteiger partial charge on any atom is -0.465 e. The second kappa shape index (κ2) is 5.59. The average Bonchev–Trinajstić information content (AvgIpc) is 2.28. The van der Waals surface area contributed by atoms with Gasteiger partial charge in [-0.1, -0.05) is 29.4 Å². The number of oxime groups is 1. The molecule has 1 amide bonds. The van der Waals surface area contributed by atoms with Gasteiger partial charge in [0.05, 0.1) is 0 Å². The summed E-state index contributed by atoms with van der Waals surface area (Å²) in [6.07, 6.45) is -0.434. The SMILES string of the molecule is NC(=NO)c1ccc(CCNC(=O)O)cc1. The van der Waals surface area contributed by atoms with Crippen molar-refractivity contribution in [3.8, 4) is 0 Å². The van der Waals surface area contributed by atoms with Gasteiger partial charge in [0.25, 0.3) is 0 Å². The van der Waals surface area contributed by atoms with E-state index in [2.05, 4.69) is 10.5 Å². The molecular weight excluding hydrogens is 210 g/mol. The van der Waals surface area contributed by atoms with Crippen LogP contribution in [0.15, 0.2) is 29.4 Å². The lowest BCUT2D eigenvalue weighted by molar-refractivity contribution is 0.194. The zero-order valence-electron chi connectivity index (χ0n) is 8.55. The third-order valence-electron chi connectivity index (χ3n) is 2.05. The first kappa shape index (κ1) is 11.8. The number of nitrogens with two attached hydrogens (primary N) is 1. The molecule has 0 aliphatic carbocycles. The molecule has 0 saturated carbocycles. The molecule has 0 unspecified atom stereocenters. The van der Waals surface area contributed by atoms with Gasteiger partial charge in [-0.2, -0.15) is 0 Å². The molecular formula is C10H13N3O3. The zero-order valence-corrected chi connectivity index (χ0v) is 8.55. The minimum absolute atomic E-state index is 0.0511. The topological polar surface area (TPSA) is 108 Å². The van der Waals surface area contributed by atoms with E-state index in [0.29, 0.717) is 18.5 Å². The molecule has 0 atom stereocenters. The fourth-order valence-electron chi connectivity index (χ4n) is 1.21. The van der Waals surface area contributed by atoms with E-state index in [4.69, 9.17) is 16.0 Å². The highest BCUT2D eigenvalue weighted by atomic mass is 16.4. The van der Waals surface area contributed by atoms with Crippen molar-refractivity contribution in [1.29, 1.82) is 0 Å². The van der Waals surface area contributed by atoms with Crippen molar-refractivity contribution in [3.05, 3.63) is 35.4 Å². The van der Waals surface area contributed by atoms with Gasteiger partial charge in [-0.25, -0.2) is 4.79 Å². The van der Waals surface area contributed by atoms with Crippen molar-refractivity contribution < 1.29 is 15.1 Å². The quantitative estimate of drug-likeness (QED) is 0.259. The number of nitrogens with zero attached hydrogens (tertiary/aromatic N) is 1. The van der Waals surface area contributed by atoms with Gasteiger partial charge >= 0.3 is 6.09 Å². The maximum atomic E-state index is 10.2. The predicted octanol–water partition coefficient (Wildman–Crippen LogP) is 0.591. The first-order valence-electron chi connectivity index (χ1n) is 4.67. The molecule has 16 heavy (non-hydrogen) atoms. The van der Waals surface area contributed by atoms with E-state index in [1.165, 1.54) is 0 Å². The standard InChI is InChI=1S/C10H13N3O3/c11-9(13-16)8-3-1-7(2-4-8)5-6-12-10(14)15/h1-4,12,16H,5-6H2,(H2,11,13)(H,14,15). The van der Waals surface area contributed by atoms with Crippen LogP contribution >= 0.6 is 0 Å². The van der Waals surface area contributed by atoms with Crippen molar-refractivity contribution in [2.45, 2.75) is 6.42 Å². The van der Waals surface area contributed by atoms with Crippen molar-refractivity contribution in [1.82, 2.24) is 5.32 Å². The number of nitrogens with one attached hydrogen (secondary N) is 1. The largest absolute Gasteiger partial charge is 0.465 e. The molecule has 0 saturated heterocycles. The molecule has 6 heteroatoms. The number of hydrogen-bond acceptors (Lipinski definition) is 3. The molecule has 0 aromatic heterocycles. The first-order valence-corrected chi connectivity index (χ1v) is 4.67. The third-order valence-corrected chi connectivity index (χ3v) is 2.05. The van der Waals surface area contributed by atoms with Crippen molar-refractivity contribution in [3.63, 3.8) is 0 Å². The zero-order chi connectivity index (χ0) is 12.0. The van der Waals surface area contributed by atoms with Gasteiger partial charge in [0.2, 0.25) is 0 Å². The molecule has 1 rings (SSSR count). The van der Waals surface area contributed by atoms with Crippen LogP contribution in [0, 0.1) is 0 Å². The summed E-state index contributed by atoms with van der Waals surface area (Å²) in [5.41, 5.74) is 6.99. The number of rotatable bonds is 4. The Morgan fingerprint density at radius 1 is 1.38 bits per heavy atom. The third kappa shape index (κ3) is 3.49. The maximum absolute atomic E-state index is 10.2. The Kier molecular flexibility index (Phi) is 4.14. The molecule has 0 radical (unpaired) electrons. The van der Waals surface area contributed by atoms with E-state index in [9.17, 15) is 4.79 Å². The highest BCUT2D eigenvalue weighted by Crippen LogP contribution is 2.04. The second-order valence-electron chi connectivity index (χ2n) is 3.16. The smallest absolute Gasteiger partial charge is 0.404 e. The Morgan fingerprint density at radius 2 is 2.00 bits per heavy atom. The molecule has 0 aliphatic heterocycles. The Labute approximate surface area is 92.4 Å².